The maximum absolute atomic E-state index is 13.7. The third kappa shape index (κ3) is 6.11. The van der Waals surface area contributed by atoms with Crippen LogP contribution in [0.5, 0.6) is 11.5 Å². The topological polar surface area (TPSA) is 395 Å². The molecule has 346 valence electrons. The Hall–Kier alpha value is -6.72. The summed E-state index contributed by atoms with van der Waals surface area (Å²) < 4.78 is 0. The molecule has 0 saturated heterocycles. The van der Waals surface area contributed by atoms with Gasteiger partial charge in [-0.25, -0.2) is 0 Å². The van der Waals surface area contributed by atoms with Crippen molar-refractivity contribution in [1.29, 1.82) is 0 Å². The number of fused-ring (bicyclic) bond motifs is 6. The molecule has 11 atom stereocenters. The van der Waals surface area contributed by atoms with Crippen molar-refractivity contribution in [1.82, 2.24) is 9.80 Å². The van der Waals surface area contributed by atoms with E-state index in [1.54, 1.807) is 19.1 Å². The number of nitrogens with two attached hydrogens (primary N) is 2. The molecule has 6 aliphatic rings. The molecule has 0 bridgehead atoms. The molecule has 21 heteroatoms. The highest BCUT2D eigenvalue weighted by molar-refractivity contribution is 6.26. The van der Waals surface area contributed by atoms with Gasteiger partial charge in [-0.1, -0.05) is 37.8 Å². The van der Waals surface area contributed by atoms with Gasteiger partial charge < -0.3 is 68.0 Å². The smallest absolute Gasteiger partial charge is 0.255 e. The highest BCUT2D eigenvalue weighted by atomic mass is 16.4. The van der Waals surface area contributed by atoms with Crippen molar-refractivity contribution in [2.75, 3.05) is 28.2 Å². The number of carbonyl (C=O) groups is 6. The fourth-order valence-electron chi connectivity index (χ4n) is 10.8. The molecule has 2 aromatic rings. The Morgan fingerprint density at radius 3 is 1.54 bits per heavy atom. The van der Waals surface area contributed by atoms with Gasteiger partial charge in [0, 0.05) is 17.4 Å². The van der Waals surface area contributed by atoms with Gasteiger partial charge in [-0.05, 0) is 62.9 Å². The minimum Gasteiger partial charge on any atom is -0.508 e. The number of phenolic OH excluding ortho intramolecular Hbond substituents is 2. The lowest BCUT2D eigenvalue weighted by Gasteiger charge is -2.53. The van der Waals surface area contributed by atoms with Crippen LogP contribution >= 0.6 is 0 Å². The SMILES string of the molecule is C=C1c2cccc(O)c2C(O)=C2C(=O)[C@]3(O)C(O)=C(C(N)=O)C(=O)[C@@H](N(C)C)[C@@H]3[C@@H](O)[C@H]12.C[C@H]1c2cccc(O)c2C(O)=C2C(=O)[C@]3(O)C(O)=C(C(N)=O)C(=O)[C@@H](N(C)C)[C@@H]3[C@@H](O)[C@@H]21.O. The number of likely N-dealkylation sites (N-methyl/N-ethyl adjacent to an activating group) is 2. The van der Waals surface area contributed by atoms with Gasteiger partial charge in [0.2, 0.25) is 11.6 Å². The van der Waals surface area contributed by atoms with E-state index >= 15 is 0 Å². The Kier molecular flexibility index (Phi) is 11.6. The van der Waals surface area contributed by atoms with E-state index in [1.165, 1.54) is 62.3 Å². The number of nitrogens with zero attached hydrogens (tertiary/aromatic N) is 2. The summed E-state index contributed by atoms with van der Waals surface area (Å²) in [4.78, 5) is 79.8. The predicted molar refractivity (Wildman–Crippen MR) is 225 cm³/mol. The van der Waals surface area contributed by atoms with Gasteiger partial charge in [-0.3, -0.25) is 38.6 Å². The number of aliphatic hydroxyl groups is 8. The van der Waals surface area contributed by atoms with E-state index in [0.717, 1.165) is 0 Å². The van der Waals surface area contributed by atoms with Crippen LogP contribution in [0.25, 0.3) is 17.1 Å². The van der Waals surface area contributed by atoms with Crippen LogP contribution in [-0.4, -0.2) is 165 Å². The van der Waals surface area contributed by atoms with E-state index < -0.39 is 145 Å². The quantitative estimate of drug-likeness (QED) is 0.149. The summed E-state index contributed by atoms with van der Waals surface area (Å²) in [5.74, 6) is -17.6. The number of hydrogen-bond donors (Lipinski definition) is 12. The Morgan fingerprint density at radius 1 is 0.662 bits per heavy atom. The third-order valence-corrected chi connectivity index (χ3v) is 13.6. The second-order valence-electron chi connectivity index (χ2n) is 17.2. The van der Waals surface area contributed by atoms with E-state index in [2.05, 4.69) is 6.58 Å². The summed E-state index contributed by atoms with van der Waals surface area (Å²) >= 11 is 0. The van der Waals surface area contributed by atoms with Gasteiger partial charge in [0.25, 0.3) is 11.8 Å². The molecule has 2 saturated carbocycles. The van der Waals surface area contributed by atoms with E-state index in [9.17, 15) is 79.8 Å². The van der Waals surface area contributed by atoms with Gasteiger partial charge in [-0.15, -0.1) is 0 Å². The molecule has 2 amide bonds. The van der Waals surface area contributed by atoms with Crippen molar-refractivity contribution in [3.05, 3.63) is 99.0 Å². The van der Waals surface area contributed by atoms with Crippen LogP contribution in [0.4, 0.5) is 0 Å². The van der Waals surface area contributed by atoms with Crippen LogP contribution in [-0.2, 0) is 28.8 Å². The normalized spacial score (nSPS) is 32.7. The van der Waals surface area contributed by atoms with E-state index in [1.807, 2.05) is 0 Å². The molecule has 21 nitrogen and oxygen atoms in total. The lowest BCUT2D eigenvalue weighted by molar-refractivity contribution is -0.169. The summed E-state index contributed by atoms with van der Waals surface area (Å²) in [5, 5.41) is 110. The summed E-state index contributed by atoms with van der Waals surface area (Å²) in [6.45, 7) is 5.59. The fourth-order valence-corrected chi connectivity index (χ4v) is 10.8. The molecule has 2 aromatic carbocycles. The van der Waals surface area contributed by atoms with Gasteiger partial charge in [0.05, 0.1) is 52.8 Å². The second-order valence-corrected chi connectivity index (χ2v) is 17.2. The first-order chi connectivity index (χ1) is 29.7. The summed E-state index contributed by atoms with van der Waals surface area (Å²) in [7, 11) is 5.79. The van der Waals surface area contributed by atoms with E-state index in [0.29, 0.717) is 5.56 Å². The van der Waals surface area contributed by atoms with Crippen LogP contribution in [0.15, 0.2) is 76.8 Å². The van der Waals surface area contributed by atoms with Gasteiger partial charge in [0.15, 0.2) is 22.8 Å². The van der Waals surface area contributed by atoms with E-state index in [-0.39, 0.29) is 39.2 Å². The number of aliphatic hydroxyl groups excluding tert-OH is 6. The van der Waals surface area contributed by atoms with Crippen molar-refractivity contribution in [2.45, 2.75) is 48.3 Å². The minimum absolute atomic E-state index is 0. The molecule has 0 heterocycles. The van der Waals surface area contributed by atoms with Crippen LogP contribution in [0.1, 0.15) is 35.1 Å². The summed E-state index contributed by atoms with van der Waals surface area (Å²) in [5.41, 5.74) is 2.63. The number of benzene rings is 2. The Morgan fingerprint density at radius 2 is 1.08 bits per heavy atom. The maximum Gasteiger partial charge on any atom is 0.255 e. The molecular weight excluding hydrogens is 856 g/mol. The van der Waals surface area contributed by atoms with Crippen molar-refractivity contribution in [3.8, 4) is 11.5 Å². The maximum atomic E-state index is 13.7. The minimum atomic E-state index is -2.94. The van der Waals surface area contributed by atoms with E-state index in [4.69, 9.17) is 11.5 Å². The molecule has 0 aromatic heterocycles. The lowest BCUT2D eigenvalue weighted by atomic mass is 9.54. The molecule has 0 aliphatic heterocycles. The molecule has 65 heavy (non-hydrogen) atoms. The number of amides is 2. The first-order valence-corrected chi connectivity index (χ1v) is 19.7. The summed E-state index contributed by atoms with van der Waals surface area (Å²) in [6, 6.07) is 6.02. The first kappa shape index (κ1) is 47.8. The monoisotopic (exact) mass is 904 g/mol. The van der Waals surface area contributed by atoms with Crippen molar-refractivity contribution < 1.29 is 85.3 Å². The van der Waals surface area contributed by atoms with Gasteiger partial charge in [0.1, 0.15) is 45.7 Å². The molecule has 2 fully saturated rings. The predicted octanol–water partition coefficient (Wildman–Crippen LogP) is -1.92. The number of aromatic hydroxyl groups is 2. The molecule has 0 spiro atoms. The fraction of sp³-hybridized carbons (Fsp3) is 0.364. The first-order valence-electron chi connectivity index (χ1n) is 19.7. The number of carbonyl (C=O) groups excluding carboxylic acids is 6. The zero-order chi connectivity index (χ0) is 47.7. The van der Waals surface area contributed by atoms with Crippen molar-refractivity contribution >= 4 is 52.0 Å². The molecule has 16 N–H and O–H groups in total. The number of rotatable bonds is 4. The largest absolute Gasteiger partial charge is 0.508 e. The zero-order valence-corrected chi connectivity index (χ0v) is 35.3. The molecular formula is C44H48N4O17. The molecule has 6 aliphatic carbocycles. The van der Waals surface area contributed by atoms with Gasteiger partial charge in [-0.2, -0.15) is 0 Å². The van der Waals surface area contributed by atoms with Crippen LogP contribution < -0.4 is 11.5 Å². The highest BCUT2D eigenvalue weighted by Gasteiger charge is 2.70. The number of phenols is 2. The second kappa shape index (κ2) is 15.8. The average molecular weight is 905 g/mol. The average Bonchev–Trinajstić information content (AvgIpc) is 3.20. The third-order valence-electron chi connectivity index (χ3n) is 13.6. The van der Waals surface area contributed by atoms with Crippen LogP contribution in [0.3, 0.4) is 0 Å². The zero-order valence-electron chi connectivity index (χ0n) is 35.3. The Bertz CT molecular complexity index is 2680. The molecule has 0 radical (unpaired) electrons. The van der Waals surface area contributed by atoms with Crippen LogP contribution in [0.2, 0.25) is 0 Å². The van der Waals surface area contributed by atoms with Gasteiger partial charge >= 0.3 is 0 Å². The number of primary amides is 2. The Balaban J connectivity index is 0.000000212. The molecule has 8 rings (SSSR count). The van der Waals surface area contributed by atoms with Crippen molar-refractivity contribution in [3.63, 3.8) is 0 Å². The van der Waals surface area contributed by atoms with Crippen LogP contribution in [0, 0.1) is 23.7 Å². The van der Waals surface area contributed by atoms with Crippen molar-refractivity contribution in [2.24, 2.45) is 35.1 Å². The number of hydrogen-bond acceptors (Lipinski definition) is 18. The molecule has 0 unspecified atom stereocenters. The number of ketones is 4. The standard InChI is InChI=1S/C22H24N2O8.C22H22N2O8.H2O/c2*1-7-8-5-4-6-9(25)11(8)16(26)12-10(7)17(27)14-15(24(2)3)18(28)13(21(23)31)20(30)22(14,32)19(12)29;/h4-7,10,14-15,17,25-27,30,32H,1-3H3,(H2,23,31);4-6,10,14-15,17,25-27,30,32H,1H2,2-3H3,(H2,23,31);1H2/t7-,10+,14+,15-,17-,22-;10-,14-,15+,17+,22+;/m01./s1. The highest BCUT2D eigenvalue weighted by Crippen LogP contribution is 2.57. The number of Topliss-reactive ketones (excluding diaryl/α,β-unsaturated/α-hetero) is 4. The summed E-state index contributed by atoms with van der Waals surface area (Å²) in [6.07, 6.45) is -3.28. The Labute approximate surface area is 368 Å². The lowest BCUT2D eigenvalue weighted by Crippen LogP contribution is -2.70.